The van der Waals surface area contributed by atoms with E-state index in [1.165, 1.54) is 18.1 Å². The average molecular weight is 139 g/mol. The first-order chi connectivity index (χ1) is 4.72. The summed E-state index contributed by atoms with van der Waals surface area (Å²) in [5.41, 5.74) is 0. The molecule has 0 N–H and O–H groups in total. The normalized spacial score (nSPS) is 9.40. The van der Waals surface area contributed by atoms with Crippen molar-refractivity contribution in [1.82, 2.24) is 0 Å². The Balaban J connectivity index is 2.77. The van der Waals surface area contributed by atoms with Crippen LogP contribution >= 0.6 is 0 Å². The second kappa shape index (κ2) is 2.56. The maximum Gasteiger partial charge on any atom is 0.225 e. The van der Waals surface area contributed by atoms with Gasteiger partial charge in [0.25, 0.3) is 0 Å². The van der Waals surface area contributed by atoms with Crippen LogP contribution in [0.15, 0.2) is 22.8 Å². The molecule has 0 fully saturated rings. The second-order valence-corrected chi connectivity index (χ2v) is 2.03. The minimum atomic E-state index is -0.0325. The molecular formula is C7H9NO2. The highest BCUT2D eigenvalue weighted by molar-refractivity contribution is 5.89. The van der Waals surface area contributed by atoms with Crippen molar-refractivity contribution in [3.8, 4) is 0 Å². The van der Waals surface area contributed by atoms with Crippen LogP contribution in [0.4, 0.5) is 5.88 Å². The lowest BCUT2D eigenvalue weighted by atomic mass is 10.5. The SMILES string of the molecule is CC(=O)N(C)c1ccco1. The Labute approximate surface area is 59.2 Å². The van der Waals surface area contributed by atoms with Crippen LogP contribution in [0.5, 0.6) is 0 Å². The molecule has 1 aromatic rings. The molecule has 0 radical (unpaired) electrons. The molecule has 10 heavy (non-hydrogen) atoms. The van der Waals surface area contributed by atoms with E-state index in [2.05, 4.69) is 0 Å². The van der Waals surface area contributed by atoms with Crippen LogP contribution in [0.3, 0.4) is 0 Å². The molecule has 1 amide bonds. The Morgan fingerprint density at radius 3 is 2.80 bits per heavy atom. The number of rotatable bonds is 1. The summed E-state index contributed by atoms with van der Waals surface area (Å²) in [4.78, 5) is 12.2. The number of amides is 1. The fourth-order valence-electron chi connectivity index (χ4n) is 0.616. The average Bonchev–Trinajstić information content (AvgIpc) is 2.36. The van der Waals surface area contributed by atoms with E-state index in [4.69, 9.17) is 4.42 Å². The molecule has 1 heterocycles. The molecule has 0 atom stereocenters. The highest BCUT2D eigenvalue weighted by atomic mass is 16.3. The van der Waals surface area contributed by atoms with Gasteiger partial charge in [-0.15, -0.1) is 0 Å². The molecule has 0 spiro atoms. The summed E-state index contributed by atoms with van der Waals surface area (Å²) < 4.78 is 4.96. The van der Waals surface area contributed by atoms with Gasteiger partial charge < -0.3 is 4.42 Å². The van der Waals surface area contributed by atoms with E-state index in [0.29, 0.717) is 5.88 Å². The zero-order chi connectivity index (χ0) is 7.56. The Bertz CT molecular complexity index is 216. The summed E-state index contributed by atoms with van der Waals surface area (Å²) in [6.45, 7) is 1.49. The van der Waals surface area contributed by atoms with Crippen molar-refractivity contribution in [1.29, 1.82) is 0 Å². The lowest BCUT2D eigenvalue weighted by Crippen LogP contribution is -2.21. The van der Waals surface area contributed by atoms with Crippen LogP contribution in [0, 0.1) is 0 Å². The van der Waals surface area contributed by atoms with Gasteiger partial charge in [-0.25, -0.2) is 0 Å². The third-order valence-corrected chi connectivity index (χ3v) is 1.31. The van der Waals surface area contributed by atoms with E-state index >= 15 is 0 Å². The van der Waals surface area contributed by atoms with E-state index in [0.717, 1.165) is 0 Å². The third kappa shape index (κ3) is 1.18. The van der Waals surface area contributed by atoms with Crippen LogP contribution in [0.1, 0.15) is 6.92 Å². The summed E-state index contributed by atoms with van der Waals surface area (Å²) in [6.07, 6.45) is 1.54. The molecule has 0 unspecified atom stereocenters. The predicted octanol–water partition coefficient (Wildman–Crippen LogP) is 1.26. The molecular weight excluding hydrogens is 130 g/mol. The fraction of sp³-hybridized carbons (Fsp3) is 0.286. The van der Waals surface area contributed by atoms with E-state index in [9.17, 15) is 4.79 Å². The van der Waals surface area contributed by atoms with Crippen LogP contribution in [-0.4, -0.2) is 13.0 Å². The van der Waals surface area contributed by atoms with Gasteiger partial charge in [0.15, 0.2) is 0 Å². The Kier molecular flexibility index (Phi) is 1.76. The predicted molar refractivity (Wildman–Crippen MR) is 37.8 cm³/mol. The number of anilines is 1. The maximum atomic E-state index is 10.7. The standard InChI is InChI=1S/C7H9NO2/c1-6(9)8(2)7-4-3-5-10-7/h3-5H,1-2H3. The van der Waals surface area contributed by atoms with Crippen molar-refractivity contribution in [3.05, 3.63) is 18.4 Å². The van der Waals surface area contributed by atoms with E-state index in [1.807, 2.05) is 0 Å². The number of hydrogen-bond donors (Lipinski definition) is 0. The van der Waals surface area contributed by atoms with Gasteiger partial charge in [0.1, 0.15) is 0 Å². The minimum absolute atomic E-state index is 0.0325. The van der Waals surface area contributed by atoms with E-state index < -0.39 is 0 Å². The minimum Gasteiger partial charge on any atom is -0.448 e. The first-order valence-corrected chi connectivity index (χ1v) is 2.99. The van der Waals surface area contributed by atoms with Crippen LogP contribution in [0.2, 0.25) is 0 Å². The largest absolute Gasteiger partial charge is 0.448 e. The van der Waals surface area contributed by atoms with Crippen molar-refractivity contribution < 1.29 is 9.21 Å². The lowest BCUT2D eigenvalue weighted by molar-refractivity contribution is -0.116. The van der Waals surface area contributed by atoms with Crippen molar-refractivity contribution in [2.45, 2.75) is 6.92 Å². The van der Waals surface area contributed by atoms with Gasteiger partial charge in [-0.2, -0.15) is 0 Å². The second-order valence-electron chi connectivity index (χ2n) is 2.03. The van der Waals surface area contributed by atoms with Gasteiger partial charge in [0, 0.05) is 20.0 Å². The molecule has 1 aromatic heterocycles. The van der Waals surface area contributed by atoms with Crippen LogP contribution in [-0.2, 0) is 4.79 Å². The number of furan rings is 1. The zero-order valence-electron chi connectivity index (χ0n) is 6.00. The fourth-order valence-corrected chi connectivity index (χ4v) is 0.616. The summed E-state index contributed by atoms with van der Waals surface area (Å²) in [5.74, 6) is 0.544. The molecule has 0 bridgehead atoms. The Morgan fingerprint density at radius 1 is 1.70 bits per heavy atom. The molecule has 0 aliphatic carbocycles. The summed E-state index contributed by atoms with van der Waals surface area (Å²) in [6, 6.07) is 3.48. The smallest absolute Gasteiger partial charge is 0.225 e. The molecule has 54 valence electrons. The first kappa shape index (κ1) is 6.86. The quantitative estimate of drug-likeness (QED) is 0.587. The topological polar surface area (TPSA) is 33.5 Å². The highest BCUT2D eigenvalue weighted by Gasteiger charge is 2.05. The van der Waals surface area contributed by atoms with E-state index in [1.54, 1.807) is 19.2 Å². The van der Waals surface area contributed by atoms with Gasteiger partial charge in [0.2, 0.25) is 11.8 Å². The zero-order valence-corrected chi connectivity index (χ0v) is 6.00. The molecule has 1 rings (SSSR count). The lowest BCUT2D eigenvalue weighted by Gasteiger charge is -2.09. The molecule has 3 heteroatoms. The monoisotopic (exact) mass is 139 g/mol. The molecule has 0 aliphatic heterocycles. The van der Waals surface area contributed by atoms with Crippen molar-refractivity contribution in [2.75, 3.05) is 11.9 Å². The van der Waals surface area contributed by atoms with Gasteiger partial charge in [0.05, 0.1) is 6.26 Å². The summed E-state index contributed by atoms with van der Waals surface area (Å²) >= 11 is 0. The van der Waals surface area contributed by atoms with Gasteiger partial charge in [-0.1, -0.05) is 0 Å². The molecule has 0 saturated heterocycles. The van der Waals surface area contributed by atoms with Crippen LogP contribution in [0.25, 0.3) is 0 Å². The van der Waals surface area contributed by atoms with Crippen molar-refractivity contribution in [2.24, 2.45) is 0 Å². The molecule has 0 saturated carbocycles. The van der Waals surface area contributed by atoms with Crippen molar-refractivity contribution >= 4 is 11.8 Å². The number of carbonyl (C=O) groups is 1. The van der Waals surface area contributed by atoms with Crippen LogP contribution < -0.4 is 4.90 Å². The number of hydrogen-bond acceptors (Lipinski definition) is 2. The molecule has 3 nitrogen and oxygen atoms in total. The maximum absolute atomic E-state index is 10.7. The first-order valence-electron chi connectivity index (χ1n) is 2.99. The highest BCUT2D eigenvalue weighted by Crippen LogP contribution is 2.11. The van der Waals surface area contributed by atoms with Gasteiger partial charge >= 0.3 is 0 Å². The Morgan fingerprint density at radius 2 is 2.40 bits per heavy atom. The summed E-state index contributed by atoms with van der Waals surface area (Å²) in [7, 11) is 1.67. The summed E-state index contributed by atoms with van der Waals surface area (Å²) in [5, 5.41) is 0. The third-order valence-electron chi connectivity index (χ3n) is 1.31. The van der Waals surface area contributed by atoms with E-state index in [-0.39, 0.29) is 5.91 Å². The van der Waals surface area contributed by atoms with Gasteiger partial charge in [-0.3, -0.25) is 9.69 Å². The molecule has 0 aromatic carbocycles. The van der Waals surface area contributed by atoms with Gasteiger partial charge in [-0.05, 0) is 6.07 Å². The Hall–Kier alpha value is -1.25. The van der Waals surface area contributed by atoms with Crippen molar-refractivity contribution in [3.63, 3.8) is 0 Å². The number of nitrogens with zero attached hydrogens (tertiary/aromatic N) is 1. The number of carbonyl (C=O) groups excluding carboxylic acids is 1. The molecule has 0 aliphatic rings.